The molecular formula is C4H9N5S. The maximum atomic E-state index is 5.48. The fourth-order valence-corrected chi connectivity index (χ4v) is 0.821. The van der Waals surface area contributed by atoms with Crippen LogP contribution >= 0.6 is 11.5 Å². The Labute approximate surface area is 62.8 Å². The average Bonchev–Trinajstić information content (AvgIpc) is 2.34. The summed E-state index contributed by atoms with van der Waals surface area (Å²) in [5.41, 5.74) is 5.48. The van der Waals surface area contributed by atoms with Gasteiger partial charge in [-0.15, -0.1) is 0 Å². The van der Waals surface area contributed by atoms with E-state index in [1.807, 2.05) is 6.92 Å². The van der Waals surface area contributed by atoms with Crippen molar-refractivity contribution in [3.05, 3.63) is 0 Å². The first kappa shape index (κ1) is 7.36. The highest BCUT2D eigenvalue weighted by molar-refractivity contribution is 7.09. The molecule has 5 nitrogen and oxygen atoms in total. The van der Waals surface area contributed by atoms with Crippen molar-refractivity contribution < 1.29 is 0 Å². The third kappa shape index (κ3) is 2.24. The lowest BCUT2D eigenvalue weighted by Crippen LogP contribution is -2.25. The molecular weight excluding hydrogens is 150 g/mol. The summed E-state index contributed by atoms with van der Waals surface area (Å²) in [6.07, 6.45) is 0. The van der Waals surface area contributed by atoms with Crippen molar-refractivity contribution in [1.29, 1.82) is 0 Å². The Morgan fingerprint density at radius 3 is 3.10 bits per heavy atom. The van der Waals surface area contributed by atoms with Gasteiger partial charge in [-0.2, -0.15) is 0 Å². The van der Waals surface area contributed by atoms with E-state index in [1.165, 1.54) is 11.5 Å². The van der Waals surface area contributed by atoms with Crippen LogP contribution in [0.4, 0.5) is 5.13 Å². The van der Waals surface area contributed by atoms with E-state index in [-0.39, 0.29) is 6.04 Å². The third-order valence-electron chi connectivity index (χ3n) is 0.875. The normalized spacial score (nSPS) is 13.0. The van der Waals surface area contributed by atoms with Crippen LogP contribution in [0.25, 0.3) is 0 Å². The molecule has 10 heavy (non-hydrogen) atoms. The number of aromatic nitrogens is 3. The standard InChI is InChI=1S/C4H9N5S/c1-3(5)2-6-4-7-8-9-10-4/h3H,2,5H2,1H3,(H,6,7,9). The van der Waals surface area contributed by atoms with Crippen LogP contribution in [0.5, 0.6) is 0 Å². The Morgan fingerprint density at radius 1 is 1.80 bits per heavy atom. The monoisotopic (exact) mass is 159 g/mol. The Bertz CT molecular complexity index is 172. The van der Waals surface area contributed by atoms with Crippen molar-refractivity contribution >= 4 is 16.7 Å². The molecule has 0 aromatic carbocycles. The van der Waals surface area contributed by atoms with Crippen molar-refractivity contribution in [3.63, 3.8) is 0 Å². The van der Waals surface area contributed by atoms with Gasteiger partial charge >= 0.3 is 0 Å². The zero-order valence-electron chi connectivity index (χ0n) is 5.61. The lowest BCUT2D eigenvalue weighted by molar-refractivity contribution is 0.777. The molecule has 3 N–H and O–H groups in total. The molecule has 0 spiro atoms. The van der Waals surface area contributed by atoms with E-state index in [4.69, 9.17) is 5.73 Å². The maximum absolute atomic E-state index is 5.48. The molecule has 0 aliphatic rings. The van der Waals surface area contributed by atoms with Crippen LogP contribution in [-0.2, 0) is 0 Å². The second kappa shape index (κ2) is 3.43. The summed E-state index contributed by atoms with van der Waals surface area (Å²) < 4.78 is 3.58. The highest BCUT2D eigenvalue weighted by Crippen LogP contribution is 2.03. The summed E-state index contributed by atoms with van der Waals surface area (Å²) in [6, 6.07) is 0.129. The van der Waals surface area contributed by atoms with E-state index >= 15 is 0 Å². The SMILES string of the molecule is CC(N)CNc1nnns1. The van der Waals surface area contributed by atoms with Gasteiger partial charge in [0, 0.05) is 24.1 Å². The van der Waals surface area contributed by atoms with Gasteiger partial charge in [0.1, 0.15) is 0 Å². The minimum Gasteiger partial charge on any atom is -0.357 e. The highest BCUT2D eigenvalue weighted by atomic mass is 32.1. The zero-order chi connectivity index (χ0) is 7.40. The minimum absolute atomic E-state index is 0.129. The molecule has 1 aromatic heterocycles. The van der Waals surface area contributed by atoms with Crippen LogP contribution in [0.15, 0.2) is 0 Å². The van der Waals surface area contributed by atoms with Crippen LogP contribution in [-0.4, -0.2) is 27.4 Å². The predicted octanol–water partition coefficient (Wildman–Crippen LogP) is -0.308. The van der Waals surface area contributed by atoms with Crippen LogP contribution in [0, 0.1) is 0 Å². The van der Waals surface area contributed by atoms with E-state index in [0.29, 0.717) is 6.54 Å². The second-order valence-electron chi connectivity index (χ2n) is 2.03. The van der Waals surface area contributed by atoms with Gasteiger partial charge in [-0.05, 0) is 12.1 Å². The van der Waals surface area contributed by atoms with Crippen LogP contribution in [0.2, 0.25) is 0 Å². The minimum atomic E-state index is 0.129. The predicted molar refractivity (Wildman–Crippen MR) is 39.8 cm³/mol. The molecule has 1 heterocycles. The summed E-state index contributed by atoms with van der Waals surface area (Å²) in [6.45, 7) is 2.62. The molecule has 0 bridgehead atoms. The quantitative estimate of drug-likeness (QED) is 0.632. The van der Waals surface area contributed by atoms with Gasteiger partial charge in [-0.25, -0.2) is 0 Å². The second-order valence-corrected chi connectivity index (χ2v) is 2.76. The first-order valence-electron chi connectivity index (χ1n) is 2.93. The van der Waals surface area contributed by atoms with Crippen molar-refractivity contribution in [1.82, 2.24) is 14.8 Å². The summed E-state index contributed by atoms with van der Waals surface area (Å²) in [5.74, 6) is 0. The molecule has 6 heteroatoms. The molecule has 56 valence electrons. The largest absolute Gasteiger partial charge is 0.357 e. The van der Waals surface area contributed by atoms with E-state index in [1.54, 1.807) is 0 Å². The number of nitrogens with one attached hydrogen (secondary N) is 1. The summed E-state index contributed by atoms with van der Waals surface area (Å²) >= 11 is 1.23. The smallest absolute Gasteiger partial charge is 0.225 e. The van der Waals surface area contributed by atoms with Gasteiger partial charge in [0.05, 0.1) is 0 Å². The van der Waals surface area contributed by atoms with Crippen molar-refractivity contribution in [3.8, 4) is 0 Å². The van der Waals surface area contributed by atoms with Crippen LogP contribution in [0.1, 0.15) is 6.92 Å². The molecule has 0 saturated carbocycles. The molecule has 0 fully saturated rings. The number of nitrogens with two attached hydrogens (primary N) is 1. The Kier molecular flexibility index (Phi) is 2.52. The van der Waals surface area contributed by atoms with Crippen LogP contribution < -0.4 is 11.1 Å². The first-order valence-corrected chi connectivity index (χ1v) is 3.71. The van der Waals surface area contributed by atoms with E-state index in [9.17, 15) is 0 Å². The van der Waals surface area contributed by atoms with Gasteiger partial charge < -0.3 is 11.1 Å². The summed E-state index contributed by atoms with van der Waals surface area (Å²) in [5, 5.41) is 10.8. The molecule has 0 aliphatic carbocycles. The molecule has 1 rings (SSSR count). The number of hydrogen-bond acceptors (Lipinski definition) is 6. The Hall–Kier alpha value is -0.750. The van der Waals surface area contributed by atoms with Gasteiger partial charge in [-0.3, -0.25) is 0 Å². The van der Waals surface area contributed by atoms with E-state index < -0.39 is 0 Å². The lowest BCUT2D eigenvalue weighted by atomic mass is 10.4. The fourth-order valence-electron chi connectivity index (χ4n) is 0.450. The lowest BCUT2D eigenvalue weighted by Gasteiger charge is -2.02. The molecule has 1 unspecified atom stereocenters. The Morgan fingerprint density at radius 2 is 2.60 bits per heavy atom. The van der Waals surface area contributed by atoms with Crippen LogP contribution in [0.3, 0.4) is 0 Å². The van der Waals surface area contributed by atoms with Gasteiger partial charge in [0.15, 0.2) is 0 Å². The molecule has 0 radical (unpaired) electrons. The third-order valence-corrected chi connectivity index (χ3v) is 1.43. The van der Waals surface area contributed by atoms with Crippen molar-refractivity contribution in [2.24, 2.45) is 5.73 Å². The Balaban J connectivity index is 2.28. The summed E-state index contributed by atoms with van der Waals surface area (Å²) in [7, 11) is 0. The van der Waals surface area contributed by atoms with E-state index in [0.717, 1.165) is 5.13 Å². The topological polar surface area (TPSA) is 76.7 Å². The van der Waals surface area contributed by atoms with Crippen molar-refractivity contribution in [2.75, 3.05) is 11.9 Å². The number of hydrogen-bond donors (Lipinski definition) is 2. The van der Waals surface area contributed by atoms with Gasteiger partial charge in [0.25, 0.3) is 0 Å². The molecule has 1 atom stereocenters. The van der Waals surface area contributed by atoms with E-state index in [2.05, 4.69) is 20.1 Å². The summed E-state index contributed by atoms with van der Waals surface area (Å²) in [4.78, 5) is 0. The maximum Gasteiger partial charge on any atom is 0.225 e. The van der Waals surface area contributed by atoms with Gasteiger partial charge in [-0.1, -0.05) is 9.59 Å². The van der Waals surface area contributed by atoms with Gasteiger partial charge in [0.2, 0.25) is 5.13 Å². The molecule has 0 amide bonds. The first-order chi connectivity index (χ1) is 4.79. The molecule has 1 aromatic rings. The number of nitrogens with zero attached hydrogens (tertiary/aromatic N) is 3. The fraction of sp³-hybridized carbons (Fsp3) is 0.750. The molecule has 0 aliphatic heterocycles. The highest BCUT2D eigenvalue weighted by Gasteiger charge is 1.97. The molecule has 0 saturated heterocycles. The zero-order valence-corrected chi connectivity index (χ0v) is 6.43. The average molecular weight is 159 g/mol. The number of anilines is 1. The van der Waals surface area contributed by atoms with Crippen molar-refractivity contribution in [2.45, 2.75) is 13.0 Å². The number of rotatable bonds is 3.